The second-order valence-corrected chi connectivity index (χ2v) is 5.28. The van der Waals surface area contributed by atoms with Gasteiger partial charge < -0.3 is 4.74 Å². The molecule has 2 unspecified atom stereocenters. The van der Waals surface area contributed by atoms with Crippen LogP contribution in [0, 0.1) is 17.2 Å². The Labute approximate surface area is 104 Å². The second-order valence-electron chi connectivity index (χ2n) is 3.72. The van der Waals surface area contributed by atoms with E-state index in [-0.39, 0.29) is 6.42 Å². The molecular weight excluding hydrogens is 266 g/mol. The average Bonchev–Trinajstić information content (AvgIpc) is 2.26. The summed E-state index contributed by atoms with van der Waals surface area (Å²) in [4.78, 5) is -0.421. The number of rotatable bonds is 4. The fourth-order valence-electron chi connectivity index (χ4n) is 1.85. The molecule has 0 saturated carbocycles. The van der Waals surface area contributed by atoms with Gasteiger partial charge in [0.1, 0.15) is 11.5 Å². The molecule has 5 nitrogen and oxygen atoms in total. The molecule has 1 aliphatic carbocycles. The van der Waals surface area contributed by atoms with Gasteiger partial charge in [0.2, 0.25) is 10.0 Å². The van der Waals surface area contributed by atoms with Crippen molar-refractivity contribution in [3.63, 3.8) is 0 Å². The van der Waals surface area contributed by atoms with E-state index >= 15 is 0 Å². The summed E-state index contributed by atoms with van der Waals surface area (Å²) in [7, 11) is -4.14. The van der Waals surface area contributed by atoms with E-state index in [9.17, 15) is 17.2 Å². The Morgan fingerprint density at radius 2 is 2.28 bits per heavy atom. The number of nitrogens with two attached hydrogens (primary N) is 1. The molecule has 100 valence electrons. The van der Waals surface area contributed by atoms with E-state index in [0.29, 0.717) is 0 Å². The zero-order chi connectivity index (χ0) is 14.0. The third-order valence-electron chi connectivity index (χ3n) is 2.73. The summed E-state index contributed by atoms with van der Waals surface area (Å²) >= 11 is 0. The number of hydrogen-bond donors (Lipinski definition) is 1. The first-order valence-electron chi connectivity index (χ1n) is 5.04. The topological polar surface area (TPSA) is 93.2 Å². The van der Waals surface area contributed by atoms with E-state index in [0.717, 1.165) is 6.08 Å². The second kappa shape index (κ2) is 5.14. The first-order chi connectivity index (χ1) is 8.27. The number of primary sulfonamides is 1. The molecule has 0 amide bonds. The fourth-order valence-corrected chi connectivity index (χ4v) is 2.70. The quantitative estimate of drug-likeness (QED) is 0.837. The smallest absolute Gasteiger partial charge is 0.310 e. The zero-order valence-electron chi connectivity index (χ0n) is 9.51. The molecule has 2 atom stereocenters. The molecule has 0 saturated heterocycles. The number of sulfonamides is 1. The highest BCUT2D eigenvalue weighted by Crippen LogP contribution is 2.38. The molecule has 0 radical (unpaired) electrons. The summed E-state index contributed by atoms with van der Waals surface area (Å²) in [5.41, 5.74) is -1.68. The number of nitrogens with zero attached hydrogens (tertiary/aromatic N) is 1. The van der Waals surface area contributed by atoms with Crippen LogP contribution in [-0.4, -0.2) is 20.6 Å². The van der Waals surface area contributed by atoms with E-state index in [1.165, 1.54) is 19.1 Å². The minimum atomic E-state index is -4.14. The summed E-state index contributed by atoms with van der Waals surface area (Å²) in [6, 6.07) is 1.67. The Kier molecular flexibility index (Phi) is 4.21. The number of hydrogen-bond acceptors (Lipinski definition) is 4. The summed E-state index contributed by atoms with van der Waals surface area (Å²) in [6.45, 7) is -1.60. The van der Waals surface area contributed by atoms with Crippen LogP contribution in [0.4, 0.5) is 8.78 Å². The highest BCUT2D eigenvalue weighted by Gasteiger charge is 2.45. The predicted molar refractivity (Wildman–Crippen MR) is 59.5 cm³/mol. The van der Waals surface area contributed by atoms with Gasteiger partial charge in [0.05, 0.1) is 11.0 Å². The molecule has 0 bridgehead atoms. The molecule has 18 heavy (non-hydrogen) atoms. The number of allylic oxidation sites excluding steroid dienone is 2. The summed E-state index contributed by atoms with van der Waals surface area (Å²) in [5, 5.41) is 14.0. The molecule has 0 heterocycles. The largest absolute Gasteiger partial charge is 0.346 e. The number of ether oxygens (including phenoxy) is 1. The Morgan fingerprint density at radius 1 is 1.67 bits per heavy atom. The van der Waals surface area contributed by atoms with Crippen molar-refractivity contribution < 1.29 is 21.9 Å². The van der Waals surface area contributed by atoms with Crippen molar-refractivity contribution in [2.24, 2.45) is 11.1 Å². The van der Waals surface area contributed by atoms with E-state index in [2.05, 4.69) is 4.74 Å². The van der Waals surface area contributed by atoms with Crippen LogP contribution in [0.3, 0.4) is 0 Å². The van der Waals surface area contributed by atoms with Crippen molar-refractivity contribution in [2.75, 3.05) is 0 Å². The molecule has 2 N–H and O–H groups in total. The Morgan fingerprint density at radius 3 is 2.67 bits per heavy atom. The van der Waals surface area contributed by atoms with Gasteiger partial charge in [0.25, 0.3) is 0 Å². The molecule has 0 aromatic heterocycles. The first-order valence-corrected chi connectivity index (χ1v) is 6.59. The Hall–Kier alpha value is -1.30. The maximum atomic E-state index is 12.4. The maximum Gasteiger partial charge on any atom is 0.346 e. The monoisotopic (exact) mass is 278 g/mol. The number of halogens is 2. The summed E-state index contributed by atoms with van der Waals surface area (Å²) < 4.78 is 51.9. The van der Waals surface area contributed by atoms with E-state index in [1.807, 2.05) is 0 Å². The summed E-state index contributed by atoms with van der Waals surface area (Å²) in [5.74, 6) is -1.39. The minimum absolute atomic E-state index is 0.0128. The predicted octanol–water partition coefficient (Wildman–Crippen LogP) is 1.26. The summed E-state index contributed by atoms with van der Waals surface area (Å²) in [6.07, 6.45) is 3.63. The lowest BCUT2D eigenvalue weighted by Crippen LogP contribution is -2.44. The third-order valence-corrected chi connectivity index (χ3v) is 3.76. The molecular formula is C10H12F2N2O3S. The molecule has 0 spiro atoms. The van der Waals surface area contributed by atoms with Crippen LogP contribution >= 0.6 is 0 Å². The lowest BCUT2D eigenvalue weighted by molar-refractivity contribution is -0.200. The molecule has 8 heteroatoms. The number of alkyl halides is 2. The van der Waals surface area contributed by atoms with Gasteiger partial charge in [-0.25, -0.2) is 13.6 Å². The van der Waals surface area contributed by atoms with Crippen molar-refractivity contribution in [1.29, 1.82) is 5.26 Å². The van der Waals surface area contributed by atoms with E-state index in [4.69, 9.17) is 10.4 Å². The molecule has 0 aromatic carbocycles. The van der Waals surface area contributed by atoms with Gasteiger partial charge in [-0.3, -0.25) is 0 Å². The van der Waals surface area contributed by atoms with Gasteiger partial charge in [-0.2, -0.15) is 14.0 Å². The van der Waals surface area contributed by atoms with Gasteiger partial charge in [0.15, 0.2) is 0 Å². The van der Waals surface area contributed by atoms with Crippen LogP contribution in [-0.2, 0) is 14.8 Å². The Bertz CT molecular complexity index is 522. The molecule has 0 aromatic rings. The fraction of sp³-hybridized carbons (Fsp3) is 0.500. The van der Waals surface area contributed by atoms with Gasteiger partial charge in [-0.05, 0) is 12.5 Å². The van der Waals surface area contributed by atoms with Crippen LogP contribution < -0.4 is 5.14 Å². The SMILES string of the molecule is CCC1(OC(F)F)C=CC=C(S(N)(=O)=O)C1C#N. The van der Waals surface area contributed by atoms with Crippen LogP contribution in [0.5, 0.6) is 0 Å². The zero-order valence-corrected chi connectivity index (χ0v) is 10.3. The van der Waals surface area contributed by atoms with E-state index < -0.39 is 33.1 Å². The van der Waals surface area contributed by atoms with Crippen LogP contribution in [0.15, 0.2) is 23.1 Å². The van der Waals surface area contributed by atoms with Crippen LogP contribution in [0.2, 0.25) is 0 Å². The average molecular weight is 278 g/mol. The van der Waals surface area contributed by atoms with Crippen molar-refractivity contribution in [1.82, 2.24) is 0 Å². The van der Waals surface area contributed by atoms with Crippen LogP contribution in [0.1, 0.15) is 13.3 Å². The Balaban J connectivity index is 3.30. The lowest BCUT2D eigenvalue weighted by Gasteiger charge is -2.35. The normalized spacial score (nSPS) is 28.0. The standard InChI is InChI=1S/C10H12F2N2O3S/c1-2-10(17-9(11)12)5-3-4-8(7(10)6-13)18(14,15)16/h3-5,7,9H,2H2,1H3,(H2,14,15,16). The van der Waals surface area contributed by atoms with Crippen molar-refractivity contribution >= 4 is 10.0 Å². The third kappa shape index (κ3) is 2.75. The van der Waals surface area contributed by atoms with Crippen LogP contribution in [0.25, 0.3) is 0 Å². The van der Waals surface area contributed by atoms with E-state index in [1.54, 1.807) is 6.07 Å². The van der Waals surface area contributed by atoms with Crippen molar-refractivity contribution in [2.45, 2.75) is 25.6 Å². The highest BCUT2D eigenvalue weighted by molar-refractivity contribution is 7.93. The maximum absolute atomic E-state index is 12.4. The highest BCUT2D eigenvalue weighted by atomic mass is 32.2. The molecule has 0 aliphatic heterocycles. The lowest BCUT2D eigenvalue weighted by atomic mass is 9.82. The minimum Gasteiger partial charge on any atom is -0.310 e. The number of nitriles is 1. The van der Waals surface area contributed by atoms with Gasteiger partial charge >= 0.3 is 6.61 Å². The molecule has 0 fully saturated rings. The first kappa shape index (κ1) is 14.8. The van der Waals surface area contributed by atoms with Gasteiger partial charge in [-0.15, -0.1) is 0 Å². The van der Waals surface area contributed by atoms with Gasteiger partial charge in [0, 0.05) is 0 Å². The van der Waals surface area contributed by atoms with Gasteiger partial charge in [-0.1, -0.05) is 19.1 Å². The van der Waals surface area contributed by atoms with Crippen molar-refractivity contribution in [3.05, 3.63) is 23.1 Å². The van der Waals surface area contributed by atoms with Crippen molar-refractivity contribution in [3.8, 4) is 6.07 Å². The molecule has 1 rings (SSSR count). The molecule has 1 aliphatic rings.